The van der Waals surface area contributed by atoms with E-state index in [0.29, 0.717) is 0 Å². The number of rotatable bonds is 0. The lowest BCUT2D eigenvalue weighted by Gasteiger charge is -2.03. The van der Waals surface area contributed by atoms with Crippen molar-refractivity contribution in [1.29, 1.82) is 0 Å². The highest BCUT2D eigenvalue weighted by Gasteiger charge is 1.91. The molecule has 0 bridgehead atoms. The minimum Gasteiger partial charge on any atom is -0.570 e. The Bertz CT molecular complexity index is 128. The summed E-state index contributed by atoms with van der Waals surface area (Å²) in [5, 5.41) is 5.49. The van der Waals surface area contributed by atoms with Crippen LogP contribution in [0.3, 0.4) is 0 Å². The summed E-state index contributed by atoms with van der Waals surface area (Å²) in [5.74, 6) is 0. The van der Waals surface area contributed by atoms with E-state index in [9.17, 15) is 0 Å². The van der Waals surface area contributed by atoms with E-state index in [4.69, 9.17) is 0 Å². The van der Waals surface area contributed by atoms with Gasteiger partial charge in [-0.25, -0.2) is 0 Å². The Morgan fingerprint density at radius 2 is 2.57 bits per heavy atom. The van der Waals surface area contributed by atoms with Crippen LogP contribution in [0.5, 0.6) is 0 Å². The van der Waals surface area contributed by atoms with Gasteiger partial charge in [0.05, 0.1) is 5.04 Å². The summed E-state index contributed by atoms with van der Waals surface area (Å²) < 4.78 is 0. The Labute approximate surface area is 46.7 Å². The molecule has 1 aliphatic heterocycles. The number of nitrogens with zero attached hydrogens (tertiary/aromatic N) is 2. The highest BCUT2D eigenvalue weighted by Crippen LogP contribution is 2.28. The molecule has 0 aromatic heterocycles. The maximum atomic E-state index is 3.72. The van der Waals surface area contributed by atoms with Crippen molar-refractivity contribution in [2.24, 2.45) is 5.10 Å². The fourth-order valence-electron chi connectivity index (χ4n) is 0.338. The third-order valence-corrected chi connectivity index (χ3v) is 1.26. The molecule has 3 heteroatoms. The van der Waals surface area contributed by atoms with Crippen LogP contribution in [0.15, 0.2) is 16.7 Å². The molecule has 1 aliphatic rings. The van der Waals surface area contributed by atoms with Crippen molar-refractivity contribution >= 4 is 16.8 Å². The van der Waals surface area contributed by atoms with Gasteiger partial charge in [0.15, 0.2) is 0 Å². The van der Waals surface area contributed by atoms with E-state index in [1.807, 2.05) is 6.92 Å². The molecule has 1 rings (SSSR count). The van der Waals surface area contributed by atoms with Crippen molar-refractivity contribution in [2.75, 3.05) is 0 Å². The molecule has 0 aromatic rings. The first kappa shape index (κ1) is 4.71. The van der Waals surface area contributed by atoms with Gasteiger partial charge in [-0.2, -0.15) is 0 Å². The van der Waals surface area contributed by atoms with E-state index in [0.717, 1.165) is 10.1 Å². The largest absolute Gasteiger partial charge is 0.570 e. The van der Waals surface area contributed by atoms with Crippen LogP contribution in [0, 0.1) is 0 Å². The Morgan fingerprint density at radius 3 is 2.71 bits per heavy atom. The van der Waals surface area contributed by atoms with Gasteiger partial charge in [-0.3, -0.25) is 0 Å². The maximum Gasteiger partial charge on any atom is 0.0516 e. The fraction of sp³-hybridized carbons (Fsp3) is 0.250. The Kier molecular flexibility index (Phi) is 1.06. The second kappa shape index (κ2) is 1.58. The van der Waals surface area contributed by atoms with E-state index in [1.54, 1.807) is 0 Å². The monoisotopic (exact) mass is 113 g/mol. The predicted octanol–water partition coefficient (Wildman–Crippen LogP) is 1.91. The van der Waals surface area contributed by atoms with Crippen LogP contribution < -0.4 is 0 Å². The molecular formula is C4H5N2S-. The van der Waals surface area contributed by atoms with Gasteiger partial charge < -0.3 is 10.5 Å². The minimum absolute atomic E-state index is 0.789. The summed E-state index contributed by atoms with van der Waals surface area (Å²) in [7, 11) is 0. The van der Waals surface area contributed by atoms with Gasteiger partial charge in [-0.05, 0) is 6.92 Å². The molecule has 0 amide bonds. The molecule has 2 nitrogen and oxygen atoms in total. The van der Waals surface area contributed by atoms with Gasteiger partial charge in [0.1, 0.15) is 0 Å². The van der Waals surface area contributed by atoms with E-state index in [-0.39, 0.29) is 0 Å². The van der Waals surface area contributed by atoms with Gasteiger partial charge in [0.25, 0.3) is 0 Å². The topological polar surface area (TPSA) is 26.5 Å². The molecule has 7 heavy (non-hydrogen) atoms. The SMILES string of the molecule is C=C1[N-]N=C(C)S1. The molecule has 0 fully saturated rings. The molecule has 0 radical (unpaired) electrons. The molecule has 0 unspecified atom stereocenters. The highest BCUT2D eigenvalue weighted by atomic mass is 32.2. The molecular weight excluding hydrogens is 108 g/mol. The molecule has 0 aromatic carbocycles. The Morgan fingerprint density at radius 1 is 1.86 bits per heavy atom. The average molecular weight is 113 g/mol. The van der Waals surface area contributed by atoms with Crippen LogP contribution in [0.1, 0.15) is 6.92 Å². The van der Waals surface area contributed by atoms with Gasteiger partial charge >= 0.3 is 0 Å². The fourth-order valence-corrected chi connectivity index (χ4v) is 0.842. The second-order valence-electron chi connectivity index (χ2n) is 1.21. The van der Waals surface area contributed by atoms with Crippen LogP contribution in [-0.2, 0) is 0 Å². The molecule has 0 saturated heterocycles. The first-order chi connectivity index (χ1) is 3.29. The van der Waals surface area contributed by atoms with E-state index < -0.39 is 0 Å². The van der Waals surface area contributed by atoms with E-state index in [2.05, 4.69) is 17.1 Å². The third-order valence-electron chi connectivity index (χ3n) is 0.568. The summed E-state index contributed by atoms with van der Waals surface area (Å²) in [5.41, 5.74) is 3.67. The van der Waals surface area contributed by atoms with Crippen LogP contribution in [-0.4, -0.2) is 5.04 Å². The van der Waals surface area contributed by atoms with Gasteiger partial charge in [0.2, 0.25) is 0 Å². The maximum absolute atomic E-state index is 3.72. The van der Waals surface area contributed by atoms with Gasteiger partial charge in [0, 0.05) is 0 Å². The minimum atomic E-state index is 0.789. The van der Waals surface area contributed by atoms with Crippen LogP contribution in [0.4, 0.5) is 0 Å². The van der Waals surface area contributed by atoms with Crippen LogP contribution in [0.2, 0.25) is 0 Å². The lowest BCUT2D eigenvalue weighted by molar-refractivity contribution is 1.48. The Balaban J connectivity index is 2.58. The normalized spacial score (nSPS) is 19.0. The second-order valence-corrected chi connectivity index (χ2v) is 2.48. The summed E-state index contributed by atoms with van der Waals surface area (Å²) in [6.45, 7) is 5.50. The molecule has 0 N–H and O–H groups in total. The van der Waals surface area contributed by atoms with Crippen molar-refractivity contribution in [2.45, 2.75) is 6.92 Å². The summed E-state index contributed by atoms with van der Waals surface area (Å²) in [6.07, 6.45) is 0. The summed E-state index contributed by atoms with van der Waals surface area (Å²) in [6, 6.07) is 0. The van der Waals surface area contributed by atoms with Crippen LogP contribution in [0.25, 0.3) is 5.43 Å². The number of thioether (sulfide) groups is 1. The third kappa shape index (κ3) is 0.962. The predicted molar refractivity (Wildman–Crippen MR) is 33.2 cm³/mol. The average Bonchev–Trinajstić information content (AvgIpc) is 1.87. The van der Waals surface area contributed by atoms with Crippen molar-refractivity contribution < 1.29 is 0 Å². The van der Waals surface area contributed by atoms with Gasteiger partial charge in [-0.15, -0.1) is 18.3 Å². The van der Waals surface area contributed by atoms with Crippen molar-refractivity contribution in [1.82, 2.24) is 0 Å². The Hall–Kier alpha value is -0.440. The first-order valence-corrected chi connectivity index (χ1v) is 2.73. The molecule has 0 atom stereocenters. The first-order valence-electron chi connectivity index (χ1n) is 1.91. The quantitative estimate of drug-likeness (QED) is 0.471. The lowest BCUT2D eigenvalue weighted by atomic mass is 10.9. The van der Waals surface area contributed by atoms with Crippen molar-refractivity contribution in [3.8, 4) is 0 Å². The molecule has 0 aliphatic carbocycles. The lowest BCUT2D eigenvalue weighted by Crippen LogP contribution is -1.68. The van der Waals surface area contributed by atoms with Crippen molar-refractivity contribution in [3.05, 3.63) is 17.0 Å². The summed E-state index contributed by atoms with van der Waals surface area (Å²) >= 11 is 1.51. The number of hydrogen-bond donors (Lipinski definition) is 0. The number of hydrogen-bond acceptors (Lipinski definition) is 2. The van der Waals surface area contributed by atoms with E-state index >= 15 is 0 Å². The zero-order valence-electron chi connectivity index (χ0n) is 4.01. The smallest absolute Gasteiger partial charge is 0.0516 e. The highest BCUT2D eigenvalue weighted by molar-refractivity contribution is 8.17. The van der Waals surface area contributed by atoms with Gasteiger partial charge in [-0.1, -0.05) is 5.03 Å². The standard InChI is InChI=1S/C4H5N2S/c1-3-5-6-4(2)7-3/h1H2,2H3/q-1. The zero-order chi connectivity index (χ0) is 5.28. The van der Waals surface area contributed by atoms with Crippen molar-refractivity contribution in [3.63, 3.8) is 0 Å². The summed E-state index contributed by atoms with van der Waals surface area (Å²) in [4.78, 5) is 0. The van der Waals surface area contributed by atoms with Crippen LogP contribution >= 0.6 is 11.8 Å². The zero-order valence-corrected chi connectivity index (χ0v) is 4.83. The molecule has 0 saturated carbocycles. The molecule has 38 valence electrons. The molecule has 0 spiro atoms. The van der Waals surface area contributed by atoms with E-state index in [1.165, 1.54) is 11.8 Å². The molecule has 1 heterocycles.